The number of hydrogen-bond acceptors (Lipinski definition) is 4. The van der Waals surface area contributed by atoms with Gasteiger partial charge in [-0.25, -0.2) is 4.79 Å². The highest BCUT2D eigenvalue weighted by molar-refractivity contribution is 5.98. The van der Waals surface area contributed by atoms with Crippen LogP contribution in [0.3, 0.4) is 0 Å². The molecule has 0 spiro atoms. The molecule has 0 radical (unpaired) electrons. The highest BCUT2D eigenvalue weighted by Crippen LogP contribution is 2.31. The lowest BCUT2D eigenvalue weighted by Crippen LogP contribution is -2.52. The fraction of sp³-hybridized carbons (Fsp3) is 0.429. The van der Waals surface area contributed by atoms with Gasteiger partial charge in [0.15, 0.2) is 11.5 Å². The van der Waals surface area contributed by atoms with Crippen molar-refractivity contribution in [3.8, 4) is 11.5 Å². The van der Waals surface area contributed by atoms with E-state index in [2.05, 4.69) is 5.32 Å². The van der Waals surface area contributed by atoms with Crippen molar-refractivity contribution in [2.45, 2.75) is 31.2 Å². The lowest BCUT2D eigenvalue weighted by molar-refractivity contribution is -0.144. The number of amides is 1. The van der Waals surface area contributed by atoms with Gasteiger partial charge in [0.25, 0.3) is 5.91 Å². The molecule has 1 amide bonds. The molecule has 0 bridgehead atoms. The van der Waals surface area contributed by atoms with Crippen molar-refractivity contribution in [1.29, 1.82) is 0 Å². The molecule has 0 heterocycles. The molecule has 0 aliphatic heterocycles. The van der Waals surface area contributed by atoms with Gasteiger partial charge in [0.1, 0.15) is 5.54 Å². The summed E-state index contributed by atoms with van der Waals surface area (Å²) in [7, 11) is 1.41. The van der Waals surface area contributed by atoms with Crippen molar-refractivity contribution in [3.63, 3.8) is 0 Å². The molecule has 1 saturated carbocycles. The van der Waals surface area contributed by atoms with E-state index in [0.29, 0.717) is 12.8 Å². The number of carbonyl (C=O) groups is 2. The molecule has 1 aromatic carbocycles. The van der Waals surface area contributed by atoms with Gasteiger partial charge >= 0.3 is 5.97 Å². The number of carbonyl (C=O) groups excluding carboxylic acids is 1. The third kappa shape index (κ3) is 2.54. The minimum Gasteiger partial charge on any atom is -0.504 e. The lowest BCUT2D eigenvalue weighted by atomic mass is 9.97. The minimum atomic E-state index is -1.19. The Morgan fingerprint density at radius 3 is 2.45 bits per heavy atom. The Balaban J connectivity index is 2.19. The maximum absolute atomic E-state index is 12.1. The van der Waals surface area contributed by atoms with Gasteiger partial charge in [-0.15, -0.1) is 0 Å². The second kappa shape index (κ2) is 5.40. The molecule has 6 heteroatoms. The Morgan fingerprint density at radius 2 is 1.95 bits per heavy atom. The average Bonchev–Trinajstić information content (AvgIpc) is 2.88. The summed E-state index contributed by atoms with van der Waals surface area (Å²) in [6, 6.07) is 4.21. The molecule has 1 aliphatic carbocycles. The van der Waals surface area contributed by atoms with Crippen LogP contribution in [0.1, 0.15) is 36.0 Å². The number of ether oxygens (including phenoxy) is 1. The van der Waals surface area contributed by atoms with Crippen LogP contribution in [0.4, 0.5) is 0 Å². The highest BCUT2D eigenvalue weighted by Gasteiger charge is 2.42. The van der Waals surface area contributed by atoms with Crippen LogP contribution in [0.25, 0.3) is 0 Å². The first-order valence-corrected chi connectivity index (χ1v) is 6.41. The first-order valence-electron chi connectivity index (χ1n) is 6.41. The molecular weight excluding hydrogens is 262 g/mol. The quantitative estimate of drug-likeness (QED) is 0.776. The fourth-order valence-corrected chi connectivity index (χ4v) is 2.49. The number of nitrogens with one attached hydrogen (secondary N) is 1. The number of rotatable bonds is 4. The second-order valence-electron chi connectivity index (χ2n) is 4.94. The largest absolute Gasteiger partial charge is 0.504 e. The van der Waals surface area contributed by atoms with Crippen molar-refractivity contribution in [3.05, 3.63) is 23.8 Å². The van der Waals surface area contributed by atoms with Gasteiger partial charge < -0.3 is 20.3 Å². The van der Waals surface area contributed by atoms with E-state index in [0.717, 1.165) is 12.8 Å². The molecule has 0 atom stereocenters. The van der Waals surface area contributed by atoms with E-state index >= 15 is 0 Å². The van der Waals surface area contributed by atoms with Crippen molar-refractivity contribution in [1.82, 2.24) is 5.32 Å². The summed E-state index contributed by atoms with van der Waals surface area (Å²) in [5.41, 5.74) is -0.983. The molecule has 20 heavy (non-hydrogen) atoms. The number of hydrogen-bond donors (Lipinski definition) is 3. The summed E-state index contributed by atoms with van der Waals surface area (Å²) >= 11 is 0. The number of aromatic hydroxyl groups is 1. The van der Waals surface area contributed by atoms with E-state index in [1.807, 2.05) is 0 Å². The number of phenolic OH excluding ortho intramolecular Hbond substituents is 1. The van der Waals surface area contributed by atoms with E-state index in [1.54, 1.807) is 0 Å². The van der Waals surface area contributed by atoms with E-state index in [4.69, 9.17) is 4.74 Å². The van der Waals surface area contributed by atoms with Gasteiger partial charge in [0.05, 0.1) is 7.11 Å². The van der Waals surface area contributed by atoms with Gasteiger partial charge in [-0.1, -0.05) is 12.8 Å². The number of benzene rings is 1. The molecule has 0 aromatic heterocycles. The van der Waals surface area contributed by atoms with Crippen molar-refractivity contribution in [2.24, 2.45) is 0 Å². The number of methoxy groups -OCH3 is 1. The molecule has 108 valence electrons. The van der Waals surface area contributed by atoms with Crippen molar-refractivity contribution >= 4 is 11.9 Å². The lowest BCUT2D eigenvalue weighted by Gasteiger charge is -2.25. The number of phenols is 1. The second-order valence-corrected chi connectivity index (χ2v) is 4.94. The fourth-order valence-electron chi connectivity index (χ4n) is 2.49. The van der Waals surface area contributed by atoms with Crippen LogP contribution < -0.4 is 10.1 Å². The van der Waals surface area contributed by atoms with Gasteiger partial charge in [-0.2, -0.15) is 0 Å². The summed E-state index contributed by atoms with van der Waals surface area (Å²) in [6.45, 7) is 0. The third-order valence-electron chi connectivity index (χ3n) is 3.66. The minimum absolute atomic E-state index is 0.157. The zero-order valence-corrected chi connectivity index (χ0v) is 11.2. The molecule has 1 aromatic rings. The van der Waals surface area contributed by atoms with Crippen molar-refractivity contribution < 1.29 is 24.5 Å². The first-order chi connectivity index (χ1) is 9.48. The van der Waals surface area contributed by atoms with Gasteiger partial charge in [0.2, 0.25) is 0 Å². The molecule has 2 rings (SSSR count). The maximum atomic E-state index is 12.1. The Labute approximate surface area is 116 Å². The van der Waals surface area contributed by atoms with Crippen LogP contribution in [0.2, 0.25) is 0 Å². The third-order valence-corrected chi connectivity index (χ3v) is 3.66. The standard InChI is InChI=1S/C14H17NO5/c1-20-11-5-4-9(8-10(11)16)12(17)15-14(13(18)19)6-2-3-7-14/h4-5,8,16H,2-3,6-7H2,1H3,(H,15,17)(H,18,19). The predicted octanol–water partition coefficient (Wildman–Crippen LogP) is 1.53. The Bertz CT molecular complexity index is 534. The molecule has 0 unspecified atom stereocenters. The zero-order valence-electron chi connectivity index (χ0n) is 11.2. The van der Waals surface area contributed by atoms with Crippen LogP contribution in [-0.2, 0) is 4.79 Å². The molecule has 6 nitrogen and oxygen atoms in total. The molecular formula is C14H17NO5. The molecule has 3 N–H and O–H groups in total. The van der Waals surface area contributed by atoms with E-state index < -0.39 is 17.4 Å². The Morgan fingerprint density at radius 1 is 1.30 bits per heavy atom. The Hall–Kier alpha value is -2.24. The topological polar surface area (TPSA) is 95.9 Å². The summed E-state index contributed by atoms with van der Waals surface area (Å²) in [4.78, 5) is 23.5. The van der Waals surface area contributed by atoms with E-state index in [1.165, 1.54) is 25.3 Å². The zero-order chi connectivity index (χ0) is 14.8. The maximum Gasteiger partial charge on any atom is 0.329 e. The van der Waals surface area contributed by atoms with Crippen LogP contribution in [-0.4, -0.2) is 34.7 Å². The van der Waals surface area contributed by atoms with E-state index in [9.17, 15) is 19.8 Å². The summed E-state index contributed by atoms with van der Waals surface area (Å²) in [5, 5.41) is 21.5. The van der Waals surface area contributed by atoms with Crippen LogP contribution >= 0.6 is 0 Å². The van der Waals surface area contributed by atoms with Gasteiger partial charge in [0, 0.05) is 5.56 Å². The molecule has 0 saturated heterocycles. The van der Waals surface area contributed by atoms with E-state index in [-0.39, 0.29) is 17.1 Å². The average molecular weight is 279 g/mol. The normalized spacial score (nSPS) is 16.6. The highest BCUT2D eigenvalue weighted by atomic mass is 16.5. The van der Waals surface area contributed by atoms with Gasteiger partial charge in [-0.05, 0) is 31.0 Å². The Kier molecular flexibility index (Phi) is 3.83. The van der Waals surface area contributed by atoms with Crippen LogP contribution in [0.5, 0.6) is 11.5 Å². The summed E-state index contributed by atoms with van der Waals surface area (Å²) < 4.78 is 4.90. The monoisotopic (exact) mass is 279 g/mol. The SMILES string of the molecule is COc1ccc(C(=O)NC2(C(=O)O)CCCC2)cc1O. The smallest absolute Gasteiger partial charge is 0.329 e. The number of carboxylic acid groups (broad SMARTS) is 1. The number of aliphatic carboxylic acids is 1. The number of carboxylic acids is 1. The van der Waals surface area contributed by atoms with Crippen molar-refractivity contribution in [2.75, 3.05) is 7.11 Å². The predicted molar refractivity (Wildman–Crippen MR) is 71.0 cm³/mol. The molecule has 1 fully saturated rings. The summed E-state index contributed by atoms with van der Waals surface area (Å²) in [6.07, 6.45) is 2.41. The first kappa shape index (κ1) is 14.2. The van der Waals surface area contributed by atoms with Crippen LogP contribution in [0, 0.1) is 0 Å². The molecule has 1 aliphatic rings. The summed E-state index contributed by atoms with van der Waals surface area (Å²) in [5.74, 6) is -1.42. The van der Waals surface area contributed by atoms with Gasteiger partial charge in [-0.3, -0.25) is 4.79 Å². The van der Waals surface area contributed by atoms with Crippen LogP contribution in [0.15, 0.2) is 18.2 Å².